The molecule has 8 heteroatoms. The second kappa shape index (κ2) is 7.88. The summed E-state index contributed by atoms with van der Waals surface area (Å²) in [7, 11) is 0. The number of anilines is 1. The predicted octanol–water partition coefficient (Wildman–Crippen LogP) is 2.10. The van der Waals surface area contributed by atoms with Crippen LogP contribution in [0.25, 0.3) is 0 Å². The average molecular weight is 362 g/mol. The fourth-order valence-electron chi connectivity index (χ4n) is 2.94. The molecule has 134 valence electrons. The number of nitrogens with zero attached hydrogens (tertiary/aromatic N) is 2. The van der Waals surface area contributed by atoms with E-state index in [-0.39, 0.29) is 23.5 Å². The van der Waals surface area contributed by atoms with Gasteiger partial charge >= 0.3 is 5.69 Å². The van der Waals surface area contributed by atoms with E-state index in [2.05, 4.69) is 21.6 Å². The largest absolute Gasteiger partial charge is 0.376 e. The molecule has 1 atom stereocenters. The van der Waals surface area contributed by atoms with Gasteiger partial charge in [0, 0.05) is 12.3 Å². The Labute approximate surface area is 150 Å². The molecule has 1 aromatic carbocycles. The summed E-state index contributed by atoms with van der Waals surface area (Å²) < 4.78 is 7.12. The minimum Gasteiger partial charge on any atom is -0.376 e. The Bertz CT molecular complexity index is 788. The van der Waals surface area contributed by atoms with Crippen molar-refractivity contribution in [1.29, 1.82) is 0 Å². The molecular weight excluding hydrogens is 340 g/mol. The van der Waals surface area contributed by atoms with Crippen molar-refractivity contribution in [2.24, 2.45) is 0 Å². The van der Waals surface area contributed by atoms with E-state index in [0.29, 0.717) is 11.7 Å². The molecule has 1 unspecified atom stereocenters. The number of H-pyrrole nitrogens is 1. The summed E-state index contributed by atoms with van der Waals surface area (Å²) in [6.07, 6.45) is 1.99. The van der Waals surface area contributed by atoms with Crippen LogP contribution in [0.4, 0.5) is 5.69 Å². The zero-order valence-electron chi connectivity index (χ0n) is 14.4. The summed E-state index contributed by atoms with van der Waals surface area (Å²) in [5.74, 6) is 0.0529. The fourth-order valence-corrected chi connectivity index (χ4v) is 3.70. The number of aromatic amines is 1. The summed E-state index contributed by atoms with van der Waals surface area (Å²) in [5.41, 5.74) is 2.70. The van der Waals surface area contributed by atoms with Crippen LogP contribution < -0.4 is 11.0 Å². The second-order valence-corrected chi connectivity index (χ2v) is 7.21. The molecule has 2 N–H and O–H groups in total. The van der Waals surface area contributed by atoms with Crippen molar-refractivity contribution in [1.82, 2.24) is 14.8 Å². The van der Waals surface area contributed by atoms with E-state index in [4.69, 9.17) is 4.74 Å². The number of rotatable bonds is 6. The van der Waals surface area contributed by atoms with Crippen molar-refractivity contribution in [2.75, 3.05) is 17.7 Å². The number of amides is 1. The molecule has 25 heavy (non-hydrogen) atoms. The highest BCUT2D eigenvalue weighted by atomic mass is 32.2. The van der Waals surface area contributed by atoms with Crippen LogP contribution >= 0.6 is 11.8 Å². The van der Waals surface area contributed by atoms with Gasteiger partial charge < -0.3 is 10.1 Å². The first-order valence-electron chi connectivity index (χ1n) is 8.29. The molecule has 2 aromatic rings. The molecule has 7 nitrogen and oxygen atoms in total. The second-order valence-electron chi connectivity index (χ2n) is 6.27. The maximum absolute atomic E-state index is 12.2. The zero-order valence-corrected chi connectivity index (χ0v) is 15.2. The van der Waals surface area contributed by atoms with Crippen LogP contribution in [-0.2, 0) is 16.1 Å². The number of aromatic nitrogens is 3. The van der Waals surface area contributed by atoms with E-state index in [1.54, 1.807) is 4.57 Å². The lowest BCUT2D eigenvalue weighted by Crippen LogP contribution is -2.25. The van der Waals surface area contributed by atoms with Crippen molar-refractivity contribution in [2.45, 2.75) is 44.5 Å². The highest BCUT2D eigenvalue weighted by molar-refractivity contribution is 7.99. The van der Waals surface area contributed by atoms with Gasteiger partial charge in [0.25, 0.3) is 0 Å². The van der Waals surface area contributed by atoms with E-state index in [9.17, 15) is 9.59 Å². The third-order valence-corrected chi connectivity index (χ3v) is 4.95. The number of hydrogen-bond acceptors (Lipinski definition) is 5. The number of nitrogens with one attached hydrogen (secondary N) is 2. The average Bonchev–Trinajstić information content (AvgIpc) is 3.16. The number of carbonyl (C=O) groups excluding carboxylic acids is 1. The lowest BCUT2D eigenvalue weighted by molar-refractivity contribution is -0.113. The molecule has 2 heterocycles. The van der Waals surface area contributed by atoms with Crippen LogP contribution in [0.3, 0.4) is 0 Å². The lowest BCUT2D eigenvalue weighted by Gasteiger charge is -2.11. The Hall–Kier alpha value is -2.06. The molecule has 3 rings (SSSR count). The molecular formula is C17H22N4O3S. The molecule has 1 aromatic heterocycles. The predicted molar refractivity (Wildman–Crippen MR) is 97.1 cm³/mol. The quantitative estimate of drug-likeness (QED) is 0.768. The molecule has 1 saturated heterocycles. The minimum atomic E-state index is -0.271. The van der Waals surface area contributed by atoms with Crippen molar-refractivity contribution >= 4 is 23.4 Å². The Balaban J connectivity index is 1.59. The number of thioether (sulfide) groups is 1. The van der Waals surface area contributed by atoms with Gasteiger partial charge in [-0.3, -0.25) is 9.36 Å². The van der Waals surface area contributed by atoms with Gasteiger partial charge in [-0.15, -0.1) is 5.10 Å². The molecule has 1 aliphatic rings. The monoisotopic (exact) mass is 362 g/mol. The van der Waals surface area contributed by atoms with Gasteiger partial charge in [0.2, 0.25) is 5.91 Å². The van der Waals surface area contributed by atoms with E-state index in [1.165, 1.54) is 11.8 Å². The number of hydrogen-bond donors (Lipinski definition) is 2. The summed E-state index contributed by atoms with van der Waals surface area (Å²) in [6.45, 7) is 5.18. The van der Waals surface area contributed by atoms with E-state index >= 15 is 0 Å². The summed E-state index contributed by atoms with van der Waals surface area (Å²) in [4.78, 5) is 24.1. The topological polar surface area (TPSA) is 89.0 Å². The minimum absolute atomic E-state index is 0.0405. The van der Waals surface area contributed by atoms with Gasteiger partial charge in [0.05, 0.1) is 18.4 Å². The van der Waals surface area contributed by atoms with Crippen molar-refractivity contribution in [3.8, 4) is 0 Å². The Morgan fingerprint density at radius 2 is 2.16 bits per heavy atom. The number of carbonyl (C=O) groups is 1. The van der Waals surface area contributed by atoms with Crippen molar-refractivity contribution < 1.29 is 9.53 Å². The van der Waals surface area contributed by atoms with Crippen LogP contribution in [0.15, 0.2) is 28.2 Å². The molecule has 0 radical (unpaired) electrons. The highest BCUT2D eigenvalue weighted by Gasteiger charge is 2.20. The molecule has 0 spiro atoms. The molecule has 1 aliphatic heterocycles. The van der Waals surface area contributed by atoms with Crippen LogP contribution in [0.1, 0.15) is 24.0 Å². The molecule has 0 aliphatic carbocycles. The third-order valence-electron chi connectivity index (χ3n) is 3.97. The van der Waals surface area contributed by atoms with E-state index in [0.717, 1.165) is 36.3 Å². The van der Waals surface area contributed by atoms with E-state index in [1.807, 2.05) is 26.0 Å². The zero-order chi connectivity index (χ0) is 17.8. The SMILES string of the molecule is Cc1cc(C)cc(NC(=O)CSc2n[nH]c(=O)n2CC2CCCO2)c1. The van der Waals surface area contributed by atoms with Crippen molar-refractivity contribution in [3.05, 3.63) is 39.8 Å². The first-order valence-corrected chi connectivity index (χ1v) is 9.27. The van der Waals surface area contributed by atoms with Gasteiger partial charge in [-0.05, 0) is 49.9 Å². The number of aryl methyl sites for hydroxylation is 2. The van der Waals surface area contributed by atoms with Gasteiger partial charge in [0.1, 0.15) is 0 Å². The number of ether oxygens (including phenoxy) is 1. The Morgan fingerprint density at radius 3 is 2.84 bits per heavy atom. The summed E-state index contributed by atoms with van der Waals surface area (Å²) in [6, 6.07) is 5.91. The maximum atomic E-state index is 12.2. The van der Waals surface area contributed by atoms with Gasteiger partial charge in [-0.1, -0.05) is 17.8 Å². The maximum Gasteiger partial charge on any atom is 0.344 e. The Kier molecular flexibility index (Phi) is 5.60. The summed E-state index contributed by atoms with van der Waals surface area (Å²) >= 11 is 1.24. The summed E-state index contributed by atoms with van der Waals surface area (Å²) in [5, 5.41) is 9.86. The van der Waals surface area contributed by atoms with Crippen LogP contribution in [-0.4, -0.2) is 39.1 Å². The molecule has 0 saturated carbocycles. The first-order chi connectivity index (χ1) is 12.0. The van der Waals surface area contributed by atoms with Gasteiger partial charge in [-0.25, -0.2) is 9.89 Å². The van der Waals surface area contributed by atoms with Gasteiger partial charge in [0.15, 0.2) is 5.16 Å². The van der Waals surface area contributed by atoms with E-state index < -0.39 is 0 Å². The molecule has 1 amide bonds. The van der Waals surface area contributed by atoms with Crippen molar-refractivity contribution in [3.63, 3.8) is 0 Å². The fraction of sp³-hybridized carbons (Fsp3) is 0.471. The van der Waals surface area contributed by atoms with Crippen LogP contribution in [0.2, 0.25) is 0 Å². The van der Waals surface area contributed by atoms with Crippen LogP contribution in [0, 0.1) is 13.8 Å². The van der Waals surface area contributed by atoms with Crippen LogP contribution in [0.5, 0.6) is 0 Å². The Morgan fingerprint density at radius 1 is 1.40 bits per heavy atom. The highest BCUT2D eigenvalue weighted by Crippen LogP contribution is 2.19. The molecule has 1 fully saturated rings. The number of benzene rings is 1. The third kappa shape index (κ3) is 4.73. The smallest absolute Gasteiger partial charge is 0.344 e. The standard InChI is InChI=1S/C17H22N4O3S/c1-11-6-12(2)8-13(7-11)18-15(22)10-25-17-20-19-16(23)21(17)9-14-4-3-5-24-14/h6-8,14H,3-5,9-10H2,1-2H3,(H,18,22)(H,19,23). The normalized spacial score (nSPS) is 17.0. The first kappa shape index (κ1) is 17.8. The lowest BCUT2D eigenvalue weighted by atomic mass is 10.1. The van der Waals surface area contributed by atoms with Gasteiger partial charge in [-0.2, -0.15) is 0 Å². The molecule has 0 bridgehead atoms.